The van der Waals surface area contributed by atoms with E-state index in [4.69, 9.17) is 11.6 Å². The molecule has 0 amide bonds. The summed E-state index contributed by atoms with van der Waals surface area (Å²) in [7, 11) is 0. The summed E-state index contributed by atoms with van der Waals surface area (Å²) in [6, 6.07) is 0. The summed E-state index contributed by atoms with van der Waals surface area (Å²) in [5, 5.41) is 8.85. The Kier molecular flexibility index (Phi) is 4.46. The van der Waals surface area contributed by atoms with E-state index in [0.29, 0.717) is 0 Å². The minimum atomic E-state index is 0.840. The zero-order chi connectivity index (χ0) is 12.3. The van der Waals surface area contributed by atoms with Crippen molar-refractivity contribution in [3.05, 3.63) is 16.4 Å². The zero-order valence-electron chi connectivity index (χ0n) is 10.8. The Morgan fingerprint density at radius 3 is 2.76 bits per heavy atom. The second-order valence-corrected chi connectivity index (χ2v) is 5.16. The van der Waals surface area contributed by atoms with Gasteiger partial charge in [-0.05, 0) is 32.2 Å². The van der Waals surface area contributed by atoms with Crippen molar-refractivity contribution in [2.45, 2.75) is 52.6 Å². The summed E-state index contributed by atoms with van der Waals surface area (Å²) in [6.07, 6.45) is 5.06. The molecule has 0 aliphatic heterocycles. The van der Waals surface area contributed by atoms with Gasteiger partial charge in [0.25, 0.3) is 0 Å². The average Bonchev–Trinajstić information content (AvgIpc) is 3.10. The minimum Gasteiger partial charge on any atom is -0.311 e. The quantitative estimate of drug-likeness (QED) is 0.759. The van der Waals surface area contributed by atoms with Crippen LogP contribution in [0.5, 0.6) is 0 Å². The molecular weight excluding hydrogens is 234 g/mol. The molecule has 0 radical (unpaired) electrons. The molecule has 17 heavy (non-hydrogen) atoms. The zero-order valence-corrected chi connectivity index (χ0v) is 11.6. The number of hydrogen-bond donors (Lipinski definition) is 1. The number of hydrogen-bond acceptors (Lipinski definition) is 2. The van der Waals surface area contributed by atoms with Crippen molar-refractivity contribution in [2.24, 2.45) is 5.92 Å². The predicted molar refractivity (Wildman–Crippen MR) is 71.3 cm³/mol. The monoisotopic (exact) mass is 255 g/mol. The smallest absolute Gasteiger partial charge is 0.0863 e. The maximum Gasteiger partial charge on any atom is 0.0863 e. The van der Waals surface area contributed by atoms with Crippen LogP contribution in [0, 0.1) is 5.92 Å². The van der Waals surface area contributed by atoms with Crippen molar-refractivity contribution < 1.29 is 0 Å². The minimum absolute atomic E-state index is 0.840. The molecule has 4 heteroatoms. The van der Waals surface area contributed by atoms with Gasteiger partial charge in [0, 0.05) is 13.1 Å². The summed E-state index contributed by atoms with van der Waals surface area (Å²) in [5.74, 6) is 0.986. The molecule has 1 aliphatic carbocycles. The molecule has 0 saturated heterocycles. The van der Waals surface area contributed by atoms with E-state index >= 15 is 0 Å². The van der Waals surface area contributed by atoms with Gasteiger partial charge in [0.2, 0.25) is 0 Å². The average molecular weight is 256 g/mol. The Balaban J connectivity index is 1.90. The topological polar surface area (TPSA) is 29.9 Å². The van der Waals surface area contributed by atoms with Crippen LogP contribution >= 0.6 is 11.6 Å². The molecule has 1 fully saturated rings. The predicted octanol–water partition coefficient (Wildman–Crippen LogP) is 3.01. The first-order valence-electron chi connectivity index (χ1n) is 6.71. The third kappa shape index (κ3) is 3.23. The van der Waals surface area contributed by atoms with E-state index < -0.39 is 0 Å². The normalized spacial score (nSPS) is 15.5. The van der Waals surface area contributed by atoms with Gasteiger partial charge in [-0.15, -0.1) is 0 Å². The Morgan fingerprint density at radius 2 is 2.18 bits per heavy atom. The first-order valence-corrected chi connectivity index (χ1v) is 7.08. The SMILES string of the molecule is CCc1nn(CC)c(CNCCC2CC2)c1Cl. The largest absolute Gasteiger partial charge is 0.311 e. The molecule has 1 N–H and O–H groups in total. The molecule has 96 valence electrons. The fourth-order valence-corrected chi connectivity index (χ4v) is 2.44. The second kappa shape index (κ2) is 5.87. The number of aromatic nitrogens is 2. The van der Waals surface area contributed by atoms with E-state index in [9.17, 15) is 0 Å². The maximum atomic E-state index is 6.34. The number of nitrogens with one attached hydrogen (secondary N) is 1. The summed E-state index contributed by atoms with van der Waals surface area (Å²) >= 11 is 6.34. The first-order chi connectivity index (χ1) is 8.26. The molecule has 1 aromatic heterocycles. The van der Waals surface area contributed by atoms with Gasteiger partial charge in [-0.2, -0.15) is 5.10 Å². The summed E-state index contributed by atoms with van der Waals surface area (Å²) in [6.45, 7) is 7.03. The van der Waals surface area contributed by atoms with E-state index in [1.807, 2.05) is 4.68 Å². The van der Waals surface area contributed by atoms with E-state index in [0.717, 1.165) is 48.4 Å². The van der Waals surface area contributed by atoms with Crippen molar-refractivity contribution in [2.75, 3.05) is 6.54 Å². The Morgan fingerprint density at radius 1 is 1.41 bits per heavy atom. The Labute approximate surface area is 109 Å². The van der Waals surface area contributed by atoms with Crippen molar-refractivity contribution in [3.8, 4) is 0 Å². The van der Waals surface area contributed by atoms with Crippen molar-refractivity contribution in [1.29, 1.82) is 0 Å². The molecule has 1 heterocycles. The summed E-state index contributed by atoms with van der Waals surface area (Å²) in [5.41, 5.74) is 2.16. The van der Waals surface area contributed by atoms with Crippen molar-refractivity contribution in [1.82, 2.24) is 15.1 Å². The highest BCUT2D eigenvalue weighted by atomic mass is 35.5. The van der Waals surface area contributed by atoms with E-state index in [2.05, 4.69) is 24.3 Å². The van der Waals surface area contributed by atoms with Crippen LogP contribution in [0.1, 0.15) is 44.5 Å². The molecule has 0 aromatic carbocycles. The fourth-order valence-electron chi connectivity index (χ4n) is 2.11. The van der Waals surface area contributed by atoms with E-state index in [1.54, 1.807) is 0 Å². The van der Waals surface area contributed by atoms with E-state index in [1.165, 1.54) is 19.3 Å². The van der Waals surface area contributed by atoms with Crippen molar-refractivity contribution >= 4 is 11.6 Å². The number of aryl methyl sites for hydroxylation is 2. The van der Waals surface area contributed by atoms with Crippen LogP contribution in [0.15, 0.2) is 0 Å². The van der Waals surface area contributed by atoms with Crippen LogP contribution in [-0.2, 0) is 19.5 Å². The molecule has 0 spiro atoms. The van der Waals surface area contributed by atoms with Crippen LogP contribution in [-0.4, -0.2) is 16.3 Å². The fraction of sp³-hybridized carbons (Fsp3) is 0.769. The molecule has 1 aliphatic rings. The molecule has 2 rings (SSSR count). The molecule has 0 bridgehead atoms. The highest BCUT2D eigenvalue weighted by Gasteiger charge is 2.20. The number of halogens is 1. The van der Waals surface area contributed by atoms with Gasteiger partial charge >= 0.3 is 0 Å². The lowest BCUT2D eigenvalue weighted by molar-refractivity contribution is 0.559. The lowest BCUT2D eigenvalue weighted by Crippen LogP contribution is -2.18. The van der Waals surface area contributed by atoms with E-state index in [-0.39, 0.29) is 0 Å². The molecule has 0 atom stereocenters. The number of rotatable bonds is 7. The van der Waals surface area contributed by atoms with Crippen LogP contribution in [0.4, 0.5) is 0 Å². The summed E-state index contributed by atoms with van der Waals surface area (Å²) in [4.78, 5) is 0. The highest BCUT2D eigenvalue weighted by Crippen LogP contribution is 2.31. The first kappa shape index (κ1) is 12.9. The van der Waals surface area contributed by atoms with Crippen LogP contribution in [0.2, 0.25) is 5.02 Å². The number of nitrogens with zero attached hydrogens (tertiary/aromatic N) is 2. The van der Waals surface area contributed by atoms with Gasteiger partial charge in [-0.25, -0.2) is 0 Å². The Hall–Kier alpha value is -0.540. The lowest BCUT2D eigenvalue weighted by atomic mass is 10.2. The van der Waals surface area contributed by atoms with Crippen molar-refractivity contribution in [3.63, 3.8) is 0 Å². The van der Waals surface area contributed by atoms with Crippen LogP contribution < -0.4 is 5.32 Å². The van der Waals surface area contributed by atoms with Crippen LogP contribution in [0.3, 0.4) is 0 Å². The molecular formula is C13H22ClN3. The third-order valence-electron chi connectivity index (χ3n) is 3.41. The lowest BCUT2D eigenvalue weighted by Gasteiger charge is -2.07. The van der Waals surface area contributed by atoms with Gasteiger partial charge < -0.3 is 5.32 Å². The van der Waals surface area contributed by atoms with Gasteiger partial charge in [-0.1, -0.05) is 31.4 Å². The molecule has 0 unspecified atom stereocenters. The molecule has 3 nitrogen and oxygen atoms in total. The molecule has 1 aromatic rings. The van der Waals surface area contributed by atoms with Crippen LogP contribution in [0.25, 0.3) is 0 Å². The summed E-state index contributed by atoms with van der Waals surface area (Å²) < 4.78 is 2.02. The third-order valence-corrected chi connectivity index (χ3v) is 3.85. The van der Waals surface area contributed by atoms with Gasteiger partial charge in [-0.3, -0.25) is 4.68 Å². The van der Waals surface area contributed by atoms with Gasteiger partial charge in [0.05, 0.1) is 16.4 Å². The second-order valence-electron chi connectivity index (χ2n) is 4.79. The van der Waals surface area contributed by atoms with Gasteiger partial charge in [0.15, 0.2) is 0 Å². The Bertz CT molecular complexity index is 369. The van der Waals surface area contributed by atoms with Gasteiger partial charge in [0.1, 0.15) is 0 Å². The standard InChI is InChI=1S/C13H22ClN3/c1-3-11-13(14)12(17(4-2)16-11)9-15-8-7-10-5-6-10/h10,15H,3-9H2,1-2H3. The maximum absolute atomic E-state index is 6.34. The molecule has 1 saturated carbocycles. The highest BCUT2D eigenvalue weighted by molar-refractivity contribution is 6.31.